The highest BCUT2D eigenvalue weighted by Crippen LogP contribution is 2.24. The molecule has 0 amide bonds. The minimum Gasteiger partial charge on any atom is -0.495 e. The normalized spacial score (nSPS) is 9.85. The number of hydrogen-bond donors (Lipinski definition) is 1. The van der Waals surface area contributed by atoms with Crippen molar-refractivity contribution in [1.82, 2.24) is 0 Å². The van der Waals surface area contributed by atoms with Crippen LogP contribution in [0.15, 0.2) is 42.5 Å². The Hall–Kier alpha value is -2.67. The molecule has 4 heteroatoms. The van der Waals surface area contributed by atoms with Crippen LogP contribution in [0.3, 0.4) is 0 Å². The molecule has 2 aromatic rings. The highest BCUT2D eigenvalue weighted by atomic mass is 16.5. The molecular formula is C16H17N3O. The van der Waals surface area contributed by atoms with Crippen LogP contribution in [0.2, 0.25) is 0 Å². The molecule has 4 nitrogen and oxygen atoms in total. The fourth-order valence-corrected chi connectivity index (χ4v) is 2.14. The highest BCUT2D eigenvalue weighted by molar-refractivity contribution is 5.67. The second kappa shape index (κ2) is 5.98. The van der Waals surface area contributed by atoms with Gasteiger partial charge in [-0.25, -0.2) is 0 Å². The number of nitrogens with two attached hydrogens (primary N) is 1. The molecule has 0 atom stereocenters. The van der Waals surface area contributed by atoms with E-state index >= 15 is 0 Å². The van der Waals surface area contributed by atoms with Crippen LogP contribution in [0, 0.1) is 11.3 Å². The van der Waals surface area contributed by atoms with Gasteiger partial charge in [-0.2, -0.15) is 5.26 Å². The molecule has 0 aliphatic carbocycles. The third kappa shape index (κ3) is 2.83. The van der Waals surface area contributed by atoms with Gasteiger partial charge >= 0.3 is 0 Å². The Bertz CT molecular complexity index is 646. The SMILES string of the molecule is COc1ccc(CN(C)c2ccccc2N)cc1C#N. The first-order valence-corrected chi connectivity index (χ1v) is 6.28. The lowest BCUT2D eigenvalue weighted by atomic mass is 10.1. The molecule has 0 unspecified atom stereocenters. The molecule has 0 aliphatic rings. The van der Waals surface area contributed by atoms with Gasteiger partial charge in [0.1, 0.15) is 11.8 Å². The van der Waals surface area contributed by atoms with E-state index in [1.54, 1.807) is 7.11 Å². The predicted molar refractivity (Wildman–Crippen MR) is 80.7 cm³/mol. The first-order valence-electron chi connectivity index (χ1n) is 6.28. The molecule has 2 aromatic carbocycles. The molecule has 0 radical (unpaired) electrons. The third-order valence-electron chi connectivity index (χ3n) is 3.15. The number of nitrogen functional groups attached to an aromatic ring is 1. The Kier molecular flexibility index (Phi) is 4.11. The van der Waals surface area contributed by atoms with E-state index in [9.17, 15) is 0 Å². The first kappa shape index (κ1) is 13.8. The second-order valence-corrected chi connectivity index (χ2v) is 4.56. The molecule has 0 saturated carbocycles. The second-order valence-electron chi connectivity index (χ2n) is 4.56. The Labute approximate surface area is 119 Å². The molecule has 0 spiro atoms. The van der Waals surface area contributed by atoms with Crippen molar-refractivity contribution in [2.75, 3.05) is 24.8 Å². The van der Waals surface area contributed by atoms with Crippen LogP contribution < -0.4 is 15.4 Å². The molecule has 0 aliphatic heterocycles. The quantitative estimate of drug-likeness (QED) is 0.865. The molecule has 20 heavy (non-hydrogen) atoms. The summed E-state index contributed by atoms with van der Waals surface area (Å²) in [5.41, 5.74) is 9.25. The fourth-order valence-electron chi connectivity index (χ4n) is 2.14. The molecule has 2 rings (SSSR count). The lowest BCUT2D eigenvalue weighted by Crippen LogP contribution is -2.17. The van der Waals surface area contributed by atoms with E-state index in [0.717, 1.165) is 16.9 Å². The van der Waals surface area contributed by atoms with Crippen molar-refractivity contribution in [3.05, 3.63) is 53.6 Å². The standard InChI is InChI=1S/C16H17N3O/c1-19(15-6-4-3-5-14(15)18)11-12-7-8-16(20-2)13(9-12)10-17/h3-9H,11,18H2,1-2H3. The molecule has 102 valence electrons. The van der Waals surface area contributed by atoms with E-state index in [0.29, 0.717) is 17.9 Å². The minimum atomic E-state index is 0.541. The molecule has 0 heterocycles. The minimum absolute atomic E-state index is 0.541. The van der Waals surface area contributed by atoms with Crippen molar-refractivity contribution in [3.63, 3.8) is 0 Å². The fraction of sp³-hybridized carbons (Fsp3) is 0.188. The van der Waals surface area contributed by atoms with Crippen molar-refractivity contribution >= 4 is 11.4 Å². The van der Waals surface area contributed by atoms with Crippen LogP contribution in [0.5, 0.6) is 5.75 Å². The predicted octanol–water partition coefficient (Wildman–Crippen LogP) is 2.79. The Balaban J connectivity index is 2.22. The third-order valence-corrected chi connectivity index (χ3v) is 3.15. The van der Waals surface area contributed by atoms with Gasteiger partial charge in [0, 0.05) is 13.6 Å². The summed E-state index contributed by atoms with van der Waals surface area (Å²) in [5.74, 6) is 0.595. The van der Waals surface area contributed by atoms with Crippen molar-refractivity contribution in [2.24, 2.45) is 0 Å². The average molecular weight is 267 g/mol. The molecular weight excluding hydrogens is 250 g/mol. The summed E-state index contributed by atoms with van der Waals surface area (Å²) in [6, 6.07) is 15.5. The lowest BCUT2D eigenvalue weighted by molar-refractivity contribution is 0.413. The van der Waals surface area contributed by atoms with Crippen LogP contribution in [0.1, 0.15) is 11.1 Å². The van der Waals surface area contributed by atoms with Gasteiger partial charge in [-0.3, -0.25) is 0 Å². The van der Waals surface area contributed by atoms with Crippen LogP contribution in [0.4, 0.5) is 11.4 Å². The summed E-state index contributed by atoms with van der Waals surface area (Å²) in [4.78, 5) is 2.05. The molecule has 0 fully saturated rings. The Morgan fingerprint density at radius 1 is 1.25 bits per heavy atom. The molecule has 0 aromatic heterocycles. The van der Waals surface area contributed by atoms with Crippen LogP contribution in [-0.4, -0.2) is 14.2 Å². The van der Waals surface area contributed by atoms with E-state index in [1.807, 2.05) is 49.5 Å². The van der Waals surface area contributed by atoms with Gasteiger partial charge < -0.3 is 15.4 Å². The van der Waals surface area contributed by atoms with Gasteiger partial charge in [0.2, 0.25) is 0 Å². The average Bonchev–Trinajstić information content (AvgIpc) is 2.47. The van der Waals surface area contributed by atoms with Gasteiger partial charge in [-0.05, 0) is 29.8 Å². The summed E-state index contributed by atoms with van der Waals surface area (Å²) in [6.45, 7) is 0.673. The van der Waals surface area contributed by atoms with Gasteiger partial charge in [0.05, 0.1) is 24.0 Å². The van der Waals surface area contributed by atoms with Crippen LogP contribution in [-0.2, 0) is 6.54 Å². The van der Waals surface area contributed by atoms with E-state index in [-0.39, 0.29) is 0 Å². The van der Waals surface area contributed by atoms with E-state index in [2.05, 4.69) is 11.0 Å². The summed E-state index contributed by atoms with van der Waals surface area (Å²) in [7, 11) is 3.54. The van der Waals surface area contributed by atoms with Gasteiger partial charge in [-0.1, -0.05) is 18.2 Å². The van der Waals surface area contributed by atoms with Gasteiger partial charge in [0.15, 0.2) is 0 Å². The maximum atomic E-state index is 9.11. The Morgan fingerprint density at radius 2 is 2.00 bits per heavy atom. The number of benzene rings is 2. The number of nitrogens with zero attached hydrogens (tertiary/aromatic N) is 2. The molecule has 0 saturated heterocycles. The van der Waals surface area contributed by atoms with Crippen LogP contribution >= 0.6 is 0 Å². The lowest BCUT2D eigenvalue weighted by Gasteiger charge is -2.21. The number of anilines is 2. The molecule has 2 N–H and O–H groups in total. The van der Waals surface area contributed by atoms with E-state index in [1.165, 1.54) is 0 Å². The summed E-state index contributed by atoms with van der Waals surface area (Å²) in [6.07, 6.45) is 0. The van der Waals surface area contributed by atoms with Crippen molar-refractivity contribution in [1.29, 1.82) is 5.26 Å². The maximum Gasteiger partial charge on any atom is 0.136 e. The van der Waals surface area contributed by atoms with Gasteiger partial charge in [0.25, 0.3) is 0 Å². The first-order chi connectivity index (χ1) is 9.65. The Morgan fingerprint density at radius 3 is 2.65 bits per heavy atom. The highest BCUT2D eigenvalue weighted by Gasteiger charge is 2.08. The monoisotopic (exact) mass is 267 g/mol. The zero-order chi connectivity index (χ0) is 14.5. The number of para-hydroxylation sites is 2. The van der Waals surface area contributed by atoms with Crippen molar-refractivity contribution < 1.29 is 4.74 Å². The van der Waals surface area contributed by atoms with E-state index < -0.39 is 0 Å². The van der Waals surface area contributed by atoms with Gasteiger partial charge in [-0.15, -0.1) is 0 Å². The topological polar surface area (TPSA) is 62.3 Å². The van der Waals surface area contributed by atoms with Crippen molar-refractivity contribution in [3.8, 4) is 11.8 Å². The summed E-state index contributed by atoms with van der Waals surface area (Å²) < 4.78 is 5.14. The summed E-state index contributed by atoms with van der Waals surface area (Å²) in [5, 5.41) is 9.11. The zero-order valence-corrected chi connectivity index (χ0v) is 11.6. The number of hydrogen-bond acceptors (Lipinski definition) is 4. The van der Waals surface area contributed by atoms with Crippen LogP contribution in [0.25, 0.3) is 0 Å². The smallest absolute Gasteiger partial charge is 0.136 e. The number of ether oxygens (including phenoxy) is 1. The zero-order valence-electron chi connectivity index (χ0n) is 11.6. The number of rotatable bonds is 4. The maximum absolute atomic E-state index is 9.11. The number of methoxy groups -OCH3 is 1. The molecule has 0 bridgehead atoms. The van der Waals surface area contributed by atoms with Crippen molar-refractivity contribution in [2.45, 2.75) is 6.54 Å². The van der Waals surface area contributed by atoms with E-state index in [4.69, 9.17) is 15.7 Å². The largest absolute Gasteiger partial charge is 0.495 e. The number of nitriles is 1. The summed E-state index contributed by atoms with van der Waals surface area (Å²) >= 11 is 0.